The molecular formula is C18H18N4O2. The molecule has 6 nitrogen and oxygen atoms in total. The Bertz CT molecular complexity index is 771. The van der Waals surface area contributed by atoms with Crippen LogP contribution in [0.1, 0.15) is 22.0 Å². The van der Waals surface area contributed by atoms with Crippen molar-refractivity contribution in [1.29, 1.82) is 0 Å². The molecule has 1 unspecified atom stereocenters. The van der Waals surface area contributed by atoms with Gasteiger partial charge in [0.2, 0.25) is 0 Å². The monoisotopic (exact) mass is 322 g/mol. The summed E-state index contributed by atoms with van der Waals surface area (Å²) in [6, 6.07) is 17.0. The molecule has 0 aliphatic heterocycles. The molecule has 1 heterocycles. The van der Waals surface area contributed by atoms with Crippen LogP contribution in [0.4, 0.5) is 0 Å². The van der Waals surface area contributed by atoms with E-state index in [1.807, 2.05) is 42.5 Å². The average Bonchev–Trinajstić information content (AvgIpc) is 3.18. The number of carbonyl (C=O) groups excluding carboxylic acids is 1. The number of carbonyl (C=O) groups is 1. The Hall–Kier alpha value is -2.99. The summed E-state index contributed by atoms with van der Waals surface area (Å²) < 4.78 is 7.09. The molecule has 1 atom stereocenters. The van der Waals surface area contributed by atoms with Crippen LogP contribution in [0.25, 0.3) is 5.69 Å². The van der Waals surface area contributed by atoms with Crippen molar-refractivity contribution in [3.8, 4) is 5.69 Å². The largest absolute Gasteiger partial charge is 0.375 e. The fraction of sp³-hybridized carbons (Fsp3) is 0.167. The molecule has 0 spiro atoms. The van der Waals surface area contributed by atoms with Crippen molar-refractivity contribution in [1.82, 2.24) is 20.1 Å². The van der Waals surface area contributed by atoms with Gasteiger partial charge in [-0.3, -0.25) is 4.79 Å². The first kappa shape index (κ1) is 15.9. The molecule has 0 aliphatic carbocycles. The van der Waals surface area contributed by atoms with Crippen LogP contribution in [0, 0.1) is 0 Å². The standard InChI is InChI=1S/C18H18N4O2/c1-24-17(14-5-3-2-4-6-14)11-20-18(23)15-7-9-16(10-8-15)22-13-19-12-21-22/h2-10,12-13,17H,11H2,1H3,(H,20,23). The lowest BCUT2D eigenvalue weighted by Gasteiger charge is -2.16. The summed E-state index contributed by atoms with van der Waals surface area (Å²) in [5, 5.41) is 6.96. The molecule has 0 radical (unpaired) electrons. The Morgan fingerprint density at radius 2 is 1.92 bits per heavy atom. The molecule has 3 rings (SSSR count). The number of rotatable bonds is 6. The maximum absolute atomic E-state index is 12.3. The molecule has 0 bridgehead atoms. The molecule has 6 heteroatoms. The highest BCUT2D eigenvalue weighted by atomic mass is 16.5. The fourth-order valence-corrected chi connectivity index (χ4v) is 2.40. The van der Waals surface area contributed by atoms with E-state index in [9.17, 15) is 4.79 Å². The topological polar surface area (TPSA) is 69.0 Å². The summed E-state index contributed by atoms with van der Waals surface area (Å²) in [6.07, 6.45) is 2.90. The molecule has 0 aliphatic rings. The van der Waals surface area contributed by atoms with E-state index in [2.05, 4.69) is 15.4 Å². The van der Waals surface area contributed by atoms with Crippen molar-refractivity contribution < 1.29 is 9.53 Å². The summed E-state index contributed by atoms with van der Waals surface area (Å²) in [5.74, 6) is -0.141. The van der Waals surface area contributed by atoms with E-state index in [1.165, 1.54) is 6.33 Å². The second kappa shape index (κ2) is 7.52. The minimum absolute atomic E-state index is 0.141. The number of amides is 1. The first-order valence-corrected chi connectivity index (χ1v) is 7.59. The van der Waals surface area contributed by atoms with E-state index in [4.69, 9.17) is 4.74 Å². The summed E-state index contributed by atoms with van der Waals surface area (Å²) in [6.45, 7) is 0.407. The van der Waals surface area contributed by atoms with Gasteiger partial charge in [-0.05, 0) is 29.8 Å². The summed E-state index contributed by atoms with van der Waals surface area (Å²) >= 11 is 0. The molecule has 1 N–H and O–H groups in total. The molecule has 0 fully saturated rings. The molecule has 122 valence electrons. The molecule has 0 saturated heterocycles. The molecule has 3 aromatic rings. The zero-order chi connectivity index (χ0) is 16.8. The van der Waals surface area contributed by atoms with E-state index in [0.29, 0.717) is 12.1 Å². The first-order chi connectivity index (χ1) is 11.8. The quantitative estimate of drug-likeness (QED) is 0.756. The van der Waals surface area contributed by atoms with Crippen LogP contribution in [-0.4, -0.2) is 34.3 Å². The highest BCUT2D eigenvalue weighted by molar-refractivity contribution is 5.94. The summed E-state index contributed by atoms with van der Waals surface area (Å²) in [7, 11) is 1.64. The number of benzene rings is 2. The van der Waals surface area contributed by atoms with Gasteiger partial charge in [-0.1, -0.05) is 30.3 Å². The highest BCUT2D eigenvalue weighted by Crippen LogP contribution is 2.15. The fourth-order valence-electron chi connectivity index (χ4n) is 2.40. The third-order valence-corrected chi connectivity index (χ3v) is 3.72. The van der Waals surface area contributed by atoms with E-state index in [1.54, 1.807) is 30.3 Å². The SMILES string of the molecule is COC(CNC(=O)c1ccc(-n2cncn2)cc1)c1ccccc1. The molecule has 1 amide bonds. The minimum Gasteiger partial charge on any atom is -0.375 e. The van der Waals surface area contributed by atoms with Gasteiger partial charge >= 0.3 is 0 Å². The zero-order valence-corrected chi connectivity index (χ0v) is 13.3. The number of aromatic nitrogens is 3. The molecule has 24 heavy (non-hydrogen) atoms. The van der Waals surface area contributed by atoms with Crippen LogP contribution in [0.15, 0.2) is 67.3 Å². The van der Waals surface area contributed by atoms with Gasteiger partial charge in [0.05, 0.1) is 11.8 Å². The van der Waals surface area contributed by atoms with Gasteiger partial charge < -0.3 is 10.1 Å². The van der Waals surface area contributed by atoms with Crippen molar-refractivity contribution >= 4 is 5.91 Å². The Morgan fingerprint density at radius 3 is 2.54 bits per heavy atom. The second-order valence-electron chi connectivity index (χ2n) is 5.23. The number of nitrogens with one attached hydrogen (secondary N) is 1. The average molecular weight is 322 g/mol. The predicted molar refractivity (Wildman–Crippen MR) is 89.9 cm³/mol. The van der Waals surface area contributed by atoms with Crippen molar-refractivity contribution in [2.75, 3.05) is 13.7 Å². The van der Waals surface area contributed by atoms with Gasteiger partial charge in [0.15, 0.2) is 0 Å². The Labute approximate surface area is 140 Å². The van der Waals surface area contributed by atoms with Gasteiger partial charge in [-0.15, -0.1) is 0 Å². The van der Waals surface area contributed by atoms with Gasteiger partial charge in [-0.25, -0.2) is 9.67 Å². The van der Waals surface area contributed by atoms with Gasteiger partial charge in [0.25, 0.3) is 5.91 Å². The van der Waals surface area contributed by atoms with Crippen molar-refractivity contribution in [2.24, 2.45) is 0 Å². The number of hydrogen-bond acceptors (Lipinski definition) is 4. The first-order valence-electron chi connectivity index (χ1n) is 7.59. The predicted octanol–water partition coefficient (Wildman–Crippen LogP) is 2.38. The number of methoxy groups -OCH3 is 1. The lowest BCUT2D eigenvalue weighted by Crippen LogP contribution is -2.29. The van der Waals surface area contributed by atoms with Crippen molar-refractivity contribution in [3.63, 3.8) is 0 Å². The van der Waals surface area contributed by atoms with Crippen LogP contribution < -0.4 is 5.32 Å². The lowest BCUT2D eigenvalue weighted by molar-refractivity contribution is 0.0828. The van der Waals surface area contributed by atoms with Crippen LogP contribution in [0.5, 0.6) is 0 Å². The minimum atomic E-state index is -0.176. The van der Waals surface area contributed by atoms with Gasteiger partial charge in [0.1, 0.15) is 12.7 Å². The number of nitrogens with zero attached hydrogens (tertiary/aromatic N) is 3. The Morgan fingerprint density at radius 1 is 1.17 bits per heavy atom. The van der Waals surface area contributed by atoms with E-state index in [0.717, 1.165) is 11.3 Å². The van der Waals surface area contributed by atoms with Crippen molar-refractivity contribution in [3.05, 3.63) is 78.4 Å². The van der Waals surface area contributed by atoms with Gasteiger partial charge in [0, 0.05) is 19.2 Å². The van der Waals surface area contributed by atoms with Crippen LogP contribution in [0.2, 0.25) is 0 Å². The number of ether oxygens (including phenoxy) is 1. The maximum Gasteiger partial charge on any atom is 0.251 e. The highest BCUT2D eigenvalue weighted by Gasteiger charge is 2.12. The third kappa shape index (κ3) is 3.67. The summed E-state index contributed by atoms with van der Waals surface area (Å²) in [5.41, 5.74) is 2.46. The Kier molecular flexibility index (Phi) is 4.98. The van der Waals surface area contributed by atoms with Crippen LogP contribution in [-0.2, 0) is 4.74 Å². The molecule has 1 aromatic heterocycles. The normalized spacial score (nSPS) is 11.9. The van der Waals surface area contributed by atoms with Gasteiger partial charge in [-0.2, -0.15) is 5.10 Å². The van der Waals surface area contributed by atoms with Crippen LogP contribution >= 0.6 is 0 Å². The number of hydrogen-bond donors (Lipinski definition) is 1. The Balaban J connectivity index is 1.62. The lowest BCUT2D eigenvalue weighted by atomic mass is 10.1. The maximum atomic E-state index is 12.3. The third-order valence-electron chi connectivity index (χ3n) is 3.72. The molecule has 2 aromatic carbocycles. The van der Waals surface area contributed by atoms with Crippen molar-refractivity contribution in [2.45, 2.75) is 6.10 Å². The van der Waals surface area contributed by atoms with E-state index >= 15 is 0 Å². The zero-order valence-electron chi connectivity index (χ0n) is 13.3. The van der Waals surface area contributed by atoms with E-state index in [-0.39, 0.29) is 12.0 Å². The molecule has 0 saturated carbocycles. The van der Waals surface area contributed by atoms with E-state index < -0.39 is 0 Å². The van der Waals surface area contributed by atoms with Crippen LogP contribution in [0.3, 0.4) is 0 Å². The smallest absolute Gasteiger partial charge is 0.251 e. The molecular weight excluding hydrogens is 304 g/mol. The second-order valence-corrected chi connectivity index (χ2v) is 5.23. The summed E-state index contributed by atoms with van der Waals surface area (Å²) in [4.78, 5) is 16.2.